The van der Waals surface area contributed by atoms with Gasteiger partial charge >= 0.3 is 0 Å². The van der Waals surface area contributed by atoms with E-state index in [0.717, 1.165) is 28.1 Å². The predicted molar refractivity (Wildman–Crippen MR) is 126 cm³/mol. The number of nitrogens with one attached hydrogen (secondary N) is 1. The highest BCUT2D eigenvalue weighted by Crippen LogP contribution is 2.23. The molecule has 0 radical (unpaired) electrons. The summed E-state index contributed by atoms with van der Waals surface area (Å²) in [5.41, 5.74) is 5.31. The predicted octanol–water partition coefficient (Wildman–Crippen LogP) is 5.01. The van der Waals surface area contributed by atoms with Gasteiger partial charge in [0.15, 0.2) is 11.0 Å². The number of thioether (sulfide) groups is 1. The van der Waals surface area contributed by atoms with Crippen molar-refractivity contribution in [3.05, 3.63) is 77.1 Å². The van der Waals surface area contributed by atoms with Gasteiger partial charge in [-0.2, -0.15) is 0 Å². The number of ether oxygens (including phenoxy) is 1. The van der Waals surface area contributed by atoms with E-state index in [9.17, 15) is 4.79 Å². The minimum absolute atomic E-state index is 0.0867. The highest BCUT2D eigenvalue weighted by atomic mass is 32.2. The zero-order valence-electron chi connectivity index (χ0n) is 18.4. The number of amides is 1. The molecule has 1 amide bonds. The minimum Gasteiger partial charge on any atom is -0.485 e. The van der Waals surface area contributed by atoms with E-state index in [-0.39, 0.29) is 11.7 Å². The van der Waals surface area contributed by atoms with Gasteiger partial charge in [-0.15, -0.1) is 16.8 Å². The first-order chi connectivity index (χ1) is 14.9. The van der Waals surface area contributed by atoms with Crippen LogP contribution in [-0.2, 0) is 17.9 Å². The molecule has 2 aromatic carbocycles. The van der Waals surface area contributed by atoms with E-state index in [0.29, 0.717) is 24.1 Å². The Morgan fingerprint density at radius 3 is 2.61 bits per heavy atom. The van der Waals surface area contributed by atoms with Crippen LogP contribution < -0.4 is 10.1 Å². The number of allylic oxidation sites excluding steroid dienone is 1. The van der Waals surface area contributed by atoms with Gasteiger partial charge in [-0.25, -0.2) is 0 Å². The van der Waals surface area contributed by atoms with Crippen LogP contribution >= 0.6 is 11.8 Å². The van der Waals surface area contributed by atoms with E-state index < -0.39 is 0 Å². The molecule has 1 heterocycles. The zero-order chi connectivity index (χ0) is 22.4. The molecule has 1 aromatic heterocycles. The van der Waals surface area contributed by atoms with Gasteiger partial charge in [0.25, 0.3) is 0 Å². The van der Waals surface area contributed by atoms with Crippen LogP contribution in [0.5, 0.6) is 5.75 Å². The normalized spacial score (nSPS) is 10.7. The Morgan fingerprint density at radius 2 is 1.90 bits per heavy atom. The Hall–Kier alpha value is -3.06. The Bertz CT molecular complexity index is 1070. The fourth-order valence-electron chi connectivity index (χ4n) is 3.24. The van der Waals surface area contributed by atoms with Gasteiger partial charge in [-0.05, 0) is 68.1 Å². The van der Waals surface area contributed by atoms with Gasteiger partial charge in [0.2, 0.25) is 5.91 Å². The number of carbonyl (C=O) groups excluding carboxylic acids is 1. The summed E-state index contributed by atoms with van der Waals surface area (Å²) in [5, 5.41) is 12.1. The molecule has 0 unspecified atom stereocenters. The summed E-state index contributed by atoms with van der Waals surface area (Å²) in [6.07, 6.45) is 1.78. The van der Waals surface area contributed by atoms with Crippen molar-refractivity contribution >= 4 is 23.4 Å². The maximum atomic E-state index is 12.4. The number of benzene rings is 2. The van der Waals surface area contributed by atoms with Crippen LogP contribution in [0.1, 0.15) is 28.1 Å². The van der Waals surface area contributed by atoms with E-state index in [1.807, 2.05) is 49.6 Å². The molecule has 1 N–H and O–H groups in total. The molecule has 6 nitrogen and oxygen atoms in total. The zero-order valence-corrected chi connectivity index (χ0v) is 19.3. The fraction of sp³-hybridized carbons (Fsp3) is 0.292. The van der Waals surface area contributed by atoms with Crippen molar-refractivity contribution in [2.75, 3.05) is 11.1 Å². The molecule has 31 heavy (non-hydrogen) atoms. The van der Waals surface area contributed by atoms with Crippen molar-refractivity contribution in [1.29, 1.82) is 0 Å². The molecule has 0 aliphatic carbocycles. The van der Waals surface area contributed by atoms with Crippen LogP contribution in [-0.4, -0.2) is 26.4 Å². The van der Waals surface area contributed by atoms with Crippen LogP contribution in [0.2, 0.25) is 0 Å². The molecule has 0 fully saturated rings. The quantitative estimate of drug-likeness (QED) is 0.377. The van der Waals surface area contributed by atoms with Crippen molar-refractivity contribution in [2.24, 2.45) is 0 Å². The molecule has 3 rings (SSSR count). The minimum atomic E-state index is -0.0867. The molecule has 0 saturated heterocycles. The van der Waals surface area contributed by atoms with Crippen LogP contribution in [0, 0.1) is 27.7 Å². The molecular weight excluding hydrogens is 408 g/mol. The van der Waals surface area contributed by atoms with Gasteiger partial charge in [0.1, 0.15) is 12.4 Å². The van der Waals surface area contributed by atoms with Crippen molar-refractivity contribution in [3.63, 3.8) is 0 Å². The molecule has 0 saturated carbocycles. The SMILES string of the molecule is C=CCn1c(COc2cccc(C)c2C)nnc1SCC(=O)Nc1cc(C)cc(C)c1. The summed E-state index contributed by atoms with van der Waals surface area (Å²) in [4.78, 5) is 12.4. The van der Waals surface area contributed by atoms with Crippen molar-refractivity contribution in [2.45, 2.75) is 46.0 Å². The third-order valence-electron chi connectivity index (χ3n) is 4.85. The lowest BCUT2D eigenvalue weighted by Crippen LogP contribution is -2.15. The summed E-state index contributed by atoms with van der Waals surface area (Å²) >= 11 is 1.34. The van der Waals surface area contributed by atoms with Crippen molar-refractivity contribution in [3.8, 4) is 5.75 Å². The average molecular weight is 437 g/mol. The van der Waals surface area contributed by atoms with E-state index in [2.05, 4.69) is 41.1 Å². The first-order valence-corrected chi connectivity index (χ1v) is 11.1. The molecule has 0 aliphatic heterocycles. The second-order valence-electron chi connectivity index (χ2n) is 7.50. The maximum absolute atomic E-state index is 12.4. The summed E-state index contributed by atoms with van der Waals surface area (Å²) in [6, 6.07) is 12.0. The molecule has 3 aromatic rings. The number of aromatic nitrogens is 3. The summed E-state index contributed by atoms with van der Waals surface area (Å²) in [6.45, 7) is 12.8. The number of carbonyl (C=O) groups is 1. The topological polar surface area (TPSA) is 69.0 Å². The number of anilines is 1. The number of rotatable bonds is 9. The first-order valence-electron chi connectivity index (χ1n) is 10.1. The van der Waals surface area contributed by atoms with E-state index >= 15 is 0 Å². The average Bonchev–Trinajstić information content (AvgIpc) is 3.09. The smallest absolute Gasteiger partial charge is 0.234 e. The second-order valence-corrected chi connectivity index (χ2v) is 8.44. The number of aryl methyl sites for hydroxylation is 3. The highest BCUT2D eigenvalue weighted by molar-refractivity contribution is 7.99. The maximum Gasteiger partial charge on any atom is 0.234 e. The Balaban J connectivity index is 1.64. The van der Waals surface area contributed by atoms with E-state index in [1.165, 1.54) is 17.3 Å². The molecule has 0 aliphatic rings. The van der Waals surface area contributed by atoms with Crippen LogP contribution in [0.25, 0.3) is 0 Å². The van der Waals surface area contributed by atoms with E-state index in [1.54, 1.807) is 6.08 Å². The van der Waals surface area contributed by atoms with Crippen LogP contribution in [0.15, 0.2) is 54.2 Å². The molecule has 162 valence electrons. The Labute approximate surface area is 187 Å². The van der Waals surface area contributed by atoms with Crippen molar-refractivity contribution in [1.82, 2.24) is 14.8 Å². The second kappa shape index (κ2) is 10.3. The molecule has 7 heteroatoms. The Morgan fingerprint density at radius 1 is 1.16 bits per heavy atom. The Kier molecular flexibility index (Phi) is 7.52. The fourth-order valence-corrected chi connectivity index (χ4v) is 4.01. The summed E-state index contributed by atoms with van der Waals surface area (Å²) in [5.74, 6) is 1.67. The van der Waals surface area contributed by atoms with Crippen LogP contribution in [0.4, 0.5) is 5.69 Å². The van der Waals surface area contributed by atoms with Crippen molar-refractivity contribution < 1.29 is 9.53 Å². The lowest BCUT2D eigenvalue weighted by atomic mass is 10.1. The van der Waals surface area contributed by atoms with Gasteiger partial charge < -0.3 is 10.1 Å². The number of nitrogens with zero attached hydrogens (tertiary/aromatic N) is 3. The molecule has 0 spiro atoms. The number of hydrogen-bond donors (Lipinski definition) is 1. The summed E-state index contributed by atoms with van der Waals surface area (Å²) in [7, 11) is 0. The lowest BCUT2D eigenvalue weighted by Gasteiger charge is -2.12. The largest absolute Gasteiger partial charge is 0.485 e. The molecule has 0 bridgehead atoms. The third kappa shape index (κ3) is 5.98. The van der Waals surface area contributed by atoms with Gasteiger partial charge in [-0.3, -0.25) is 9.36 Å². The van der Waals surface area contributed by atoms with Gasteiger partial charge in [-0.1, -0.05) is 36.0 Å². The monoisotopic (exact) mass is 436 g/mol. The molecule has 0 atom stereocenters. The third-order valence-corrected chi connectivity index (χ3v) is 5.82. The number of hydrogen-bond acceptors (Lipinski definition) is 5. The summed E-state index contributed by atoms with van der Waals surface area (Å²) < 4.78 is 7.91. The lowest BCUT2D eigenvalue weighted by molar-refractivity contribution is -0.113. The van der Waals surface area contributed by atoms with Crippen LogP contribution in [0.3, 0.4) is 0 Å². The highest BCUT2D eigenvalue weighted by Gasteiger charge is 2.15. The van der Waals surface area contributed by atoms with E-state index in [4.69, 9.17) is 4.74 Å². The van der Waals surface area contributed by atoms with Gasteiger partial charge in [0.05, 0.1) is 5.75 Å². The molecular formula is C24H28N4O2S. The standard InChI is InChI=1S/C24H28N4O2S/c1-6-10-28-22(14-30-21-9-7-8-18(4)19(21)5)26-27-24(28)31-15-23(29)25-20-12-16(2)11-17(3)13-20/h6-9,11-13H,1,10,14-15H2,2-5H3,(H,25,29). The first kappa shape index (κ1) is 22.6. The van der Waals surface area contributed by atoms with Gasteiger partial charge in [0, 0.05) is 12.2 Å².